The fourth-order valence-electron chi connectivity index (χ4n) is 2.64. The van der Waals surface area contributed by atoms with Crippen LogP contribution in [0.3, 0.4) is 0 Å². The van der Waals surface area contributed by atoms with Crippen molar-refractivity contribution in [3.05, 3.63) is 51.7 Å². The number of nitrogens with one attached hydrogen (secondary N) is 1. The van der Waals surface area contributed by atoms with Gasteiger partial charge in [-0.2, -0.15) is 0 Å². The molecule has 0 radical (unpaired) electrons. The van der Waals surface area contributed by atoms with E-state index in [1.165, 1.54) is 34.7 Å². The zero-order chi connectivity index (χ0) is 13.1. The third-order valence-corrected chi connectivity index (χ3v) is 4.82. The number of nitrogens with zero attached hydrogens (tertiary/aromatic N) is 1. The average molecular weight is 272 g/mol. The van der Waals surface area contributed by atoms with Crippen molar-refractivity contribution in [3.8, 4) is 0 Å². The van der Waals surface area contributed by atoms with E-state index < -0.39 is 0 Å². The Kier molecular flexibility index (Phi) is 3.85. The number of aryl methyl sites for hydroxylation is 1. The van der Waals surface area contributed by atoms with Crippen LogP contribution in [0.5, 0.6) is 0 Å². The fourth-order valence-corrected chi connectivity index (χ4v) is 3.52. The van der Waals surface area contributed by atoms with Crippen LogP contribution >= 0.6 is 11.3 Å². The maximum atomic E-state index is 3.56. The molecule has 1 aromatic heterocycles. The van der Waals surface area contributed by atoms with Gasteiger partial charge in [0.25, 0.3) is 0 Å². The van der Waals surface area contributed by atoms with Crippen LogP contribution < -0.4 is 10.2 Å². The monoisotopic (exact) mass is 272 g/mol. The predicted octanol–water partition coefficient (Wildman–Crippen LogP) is 3.21. The first-order valence-electron chi connectivity index (χ1n) is 6.91. The lowest BCUT2D eigenvalue weighted by Gasteiger charge is -2.19. The van der Waals surface area contributed by atoms with Crippen LogP contribution in [-0.4, -0.2) is 19.6 Å². The zero-order valence-electron chi connectivity index (χ0n) is 11.4. The first-order valence-corrected chi connectivity index (χ1v) is 7.79. The molecule has 2 aromatic rings. The molecule has 2 heterocycles. The summed E-state index contributed by atoms with van der Waals surface area (Å²) < 4.78 is 0. The lowest BCUT2D eigenvalue weighted by molar-refractivity contribution is 0.671. The summed E-state index contributed by atoms with van der Waals surface area (Å²) in [6.07, 6.45) is 1.19. The van der Waals surface area contributed by atoms with Crippen molar-refractivity contribution < 1.29 is 0 Å². The summed E-state index contributed by atoms with van der Waals surface area (Å²) >= 11 is 1.84. The number of hydrogen-bond acceptors (Lipinski definition) is 3. The van der Waals surface area contributed by atoms with E-state index in [1.807, 2.05) is 11.3 Å². The molecule has 0 unspecified atom stereocenters. The Labute approximate surface area is 119 Å². The lowest BCUT2D eigenvalue weighted by Crippen LogP contribution is -2.30. The second kappa shape index (κ2) is 5.76. The molecule has 1 aliphatic heterocycles. The topological polar surface area (TPSA) is 15.3 Å². The summed E-state index contributed by atoms with van der Waals surface area (Å²) in [6.45, 7) is 6.50. The average Bonchev–Trinajstić information content (AvgIpc) is 3.02. The molecule has 0 saturated carbocycles. The van der Waals surface area contributed by atoms with Gasteiger partial charge in [0.05, 0.1) is 0 Å². The normalized spacial score (nSPS) is 13.8. The van der Waals surface area contributed by atoms with Crippen LogP contribution in [0.15, 0.2) is 35.7 Å². The van der Waals surface area contributed by atoms with Crippen LogP contribution in [-0.2, 0) is 13.0 Å². The second-order valence-electron chi connectivity index (χ2n) is 5.07. The summed E-state index contributed by atoms with van der Waals surface area (Å²) in [6, 6.07) is 11.0. The first-order chi connectivity index (χ1) is 9.34. The van der Waals surface area contributed by atoms with E-state index in [2.05, 4.69) is 52.9 Å². The summed E-state index contributed by atoms with van der Waals surface area (Å²) in [4.78, 5) is 3.95. The van der Waals surface area contributed by atoms with E-state index in [9.17, 15) is 0 Å². The van der Waals surface area contributed by atoms with Gasteiger partial charge in [0.15, 0.2) is 0 Å². The zero-order valence-corrected chi connectivity index (χ0v) is 12.2. The van der Waals surface area contributed by atoms with Gasteiger partial charge >= 0.3 is 0 Å². The molecule has 0 aliphatic carbocycles. The van der Waals surface area contributed by atoms with Crippen LogP contribution in [0.25, 0.3) is 0 Å². The Balaban J connectivity index is 1.48. The van der Waals surface area contributed by atoms with Gasteiger partial charge in [-0.1, -0.05) is 18.2 Å². The molecular weight excluding hydrogens is 252 g/mol. The Bertz CT molecular complexity index is 547. The molecule has 19 heavy (non-hydrogen) atoms. The number of rotatable bonds is 5. The summed E-state index contributed by atoms with van der Waals surface area (Å²) in [5.74, 6) is 0. The largest absolute Gasteiger partial charge is 0.370 e. The van der Waals surface area contributed by atoms with Crippen LogP contribution in [0.1, 0.15) is 16.0 Å². The second-order valence-corrected chi connectivity index (χ2v) is 6.07. The maximum absolute atomic E-state index is 3.56. The smallest absolute Gasteiger partial charge is 0.0399 e. The molecule has 0 fully saturated rings. The highest BCUT2D eigenvalue weighted by Gasteiger charge is 2.17. The minimum Gasteiger partial charge on any atom is -0.370 e. The van der Waals surface area contributed by atoms with E-state index in [-0.39, 0.29) is 0 Å². The van der Waals surface area contributed by atoms with Gasteiger partial charge in [0, 0.05) is 36.7 Å². The number of benzene rings is 1. The molecule has 3 heteroatoms. The fraction of sp³-hybridized carbons (Fsp3) is 0.375. The number of fused-ring (bicyclic) bond motifs is 1. The summed E-state index contributed by atoms with van der Waals surface area (Å²) in [7, 11) is 0. The minimum atomic E-state index is 0.999. The molecule has 0 spiro atoms. The summed E-state index contributed by atoms with van der Waals surface area (Å²) in [5, 5.41) is 5.72. The molecule has 0 saturated heterocycles. The quantitative estimate of drug-likeness (QED) is 0.841. The lowest BCUT2D eigenvalue weighted by atomic mass is 10.2. The highest BCUT2D eigenvalue weighted by atomic mass is 32.1. The molecule has 1 aromatic carbocycles. The van der Waals surface area contributed by atoms with Gasteiger partial charge in [0.1, 0.15) is 0 Å². The third kappa shape index (κ3) is 2.82. The van der Waals surface area contributed by atoms with Crippen molar-refractivity contribution in [2.24, 2.45) is 0 Å². The Morgan fingerprint density at radius 3 is 3.00 bits per heavy atom. The van der Waals surface area contributed by atoms with Crippen LogP contribution in [0.2, 0.25) is 0 Å². The predicted molar refractivity (Wildman–Crippen MR) is 83.1 cm³/mol. The Hall–Kier alpha value is -1.32. The highest BCUT2D eigenvalue weighted by molar-refractivity contribution is 7.10. The maximum Gasteiger partial charge on any atom is 0.0399 e. The minimum absolute atomic E-state index is 0.999. The van der Waals surface area contributed by atoms with Crippen molar-refractivity contribution in [3.63, 3.8) is 0 Å². The molecule has 3 rings (SSSR count). The molecular formula is C16H20N2S. The van der Waals surface area contributed by atoms with E-state index in [0.717, 1.165) is 19.6 Å². The van der Waals surface area contributed by atoms with Crippen molar-refractivity contribution in [2.75, 3.05) is 24.5 Å². The van der Waals surface area contributed by atoms with Gasteiger partial charge in [-0.3, -0.25) is 0 Å². The number of thiophene rings is 1. The van der Waals surface area contributed by atoms with E-state index in [1.54, 1.807) is 0 Å². The molecule has 0 atom stereocenters. The number of hydrogen-bond donors (Lipinski definition) is 1. The van der Waals surface area contributed by atoms with Crippen molar-refractivity contribution in [1.29, 1.82) is 0 Å². The van der Waals surface area contributed by atoms with Crippen LogP contribution in [0, 0.1) is 6.92 Å². The standard InChI is InChI=1S/C16H20N2S/c1-13-7-11-19-16(13)12-17-8-10-18-9-6-14-4-2-3-5-15(14)18/h2-5,7,11,17H,6,8-10,12H2,1H3. The number of anilines is 1. The van der Waals surface area contributed by atoms with Gasteiger partial charge in [-0.15, -0.1) is 11.3 Å². The van der Waals surface area contributed by atoms with Gasteiger partial charge in [0.2, 0.25) is 0 Å². The van der Waals surface area contributed by atoms with Crippen LogP contribution in [0.4, 0.5) is 5.69 Å². The molecule has 2 nitrogen and oxygen atoms in total. The van der Waals surface area contributed by atoms with E-state index in [0.29, 0.717) is 0 Å². The first kappa shape index (κ1) is 12.7. The van der Waals surface area contributed by atoms with Gasteiger partial charge in [-0.05, 0) is 42.0 Å². The SMILES string of the molecule is Cc1ccsc1CNCCN1CCc2ccccc21. The highest BCUT2D eigenvalue weighted by Crippen LogP contribution is 2.26. The number of para-hydroxylation sites is 1. The van der Waals surface area contributed by atoms with E-state index >= 15 is 0 Å². The Morgan fingerprint density at radius 1 is 1.26 bits per heavy atom. The molecule has 0 amide bonds. The Morgan fingerprint density at radius 2 is 2.16 bits per heavy atom. The molecule has 1 aliphatic rings. The molecule has 1 N–H and O–H groups in total. The van der Waals surface area contributed by atoms with Gasteiger partial charge in [-0.25, -0.2) is 0 Å². The van der Waals surface area contributed by atoms with Gasteiger partial charge < -0.3 is 10.2 Å². The van der Waals surface area contributed by atoms with Crippen molar-refractivity contribution in [2.45, 2.75) is 19.9 Å². The summed E-state index contributed by atoms with van der Waals surface area (Å²) in [5.41, 5.74) is 4.33. The molecule has 0 bridgehead atoms. The van der Waals surface area contributed by atoms with Crippen molar-refractivity contribution in [1.82, 2.24) is 5.32 Å². The van der Waals surface area contributed by atoms with E-state index in [4.69, 9.17) is 0 Å². The molecule has 100 valence electrons. The van der Waals surface area contributed by atoms with Crippen molar-refractivity contribution >= 4 is 17.0 Å². The third-order valence-electron chi connectivity index (χ3n) is 3.80.